The van der Waals surface area contributed by atoms with Gasteiger partial charge in [0.05, 0.1) is 12.2 Å². The number of nitrogens with one attached hydrogen (secondary N) is 1. The molecule has 6 nitrogen and oxygen atoms in total. The van der Waals surface area contributed by atoms with Gasteiger partial charge in [-0.15, -0.1) is 0 Å². The minimum Gasteiger partial charge on any atom is -0.372 e. The molecule has 24 heavy (non-hydrogen) atoms. The maximum absolute atomic E-state index is 12.6. The molecule has 2 amide bonds. The minimum atomic E-state index is -0.198. The fourth-order valence-electron chi connectivity index (χ4n) is 2.76. The van der Waals surface area contributed by atoms with Gasteiger partial charge in [-0.1, -0.05) is 19.1 Å². The first-order chi connectivity index (χ1) is 11.4. The van der Waals surface area contributed by atoms with Crippen LogP contribution in [0.3, 0.4) is 0 Å². The van der Waals surface area contributed by atoms with Gasteiger partial charge in [0.15, 0.2) is 0 Å². The summed E-state index contributed by atoms with van der Waals surface area (Å²) in [5.41, 5.74) is 7.08. The number of morpholine rings is 1. The molecular weight excluding hydrogens is 306 g/mol. The third-order valence-electron chi connectivity index (χ3n) is 4.18. The molecule has 0 saturated carbocycles. The molecule has 3 atom stereocenters. The van der Waals surface area contributed by atoms with Gasteiger partial charge >= 0.3 is 0 Å². The zero-order valence-electron chi connectivity index (χ0n) is 14.6. The zero-order chi connectivity index (χ0) is 17.7. The van der Waals surface area contributed by atoms with Gasteiger partial charge in [-0.2, -0.15) is 0 Å². The van der Waals surface area contributed by atoms with E-state index in [4.69, 9.17) is 10.5 Å². The Labute approximate surface area is 143 Å². The van der Waals surface area contributed by atoms with Gasteiger partial charge in [0.25, 0.3) is 5.91 Å². The average Bonchev–Trinajstić information content (AvgIpc) is 2.57. The number of hydrogen-bond donors (Lipinski definition) is 2. The van der Waals surface area contributed by atoms with Crippen molar-refractivity contribution in [3.05, 3.63) is 35.4 Å². The summed E-state index contributed by atoms with van der Waals surface area (Å²) in [6, 6.07) is 7.35. The summed E-state index contributed by atoms with van der Waals surface area (Å²) in [5.74, 6) is -0.241. The quantitative estimate of drug-likeness (QED) is 0.846. The fourth-order valence-corrected chi connectivity index (χ4v) is 2.76. The molecule has 1 saturated heterocycles. The molecule has 6 heteroatoms. The van der Waals surface area contributed by atoms with E-state index in [0.717, 1.165) is 5.56 Å². The smallest absolute Gasteiger partial charge is 0.254 e. The number of nitrogens with two attached hydrogens (primary N) is 1. The normalized spacial score (nSPS) is 22.1. The van der Waals surface area contributed by atoms with E-state index in [9.17, 15) is 9.59 Å². The first-order valence-electron chi connectivity index (χ1n) is 8.42. The molecule has 1 aromatic rings. The zero-order valence-corrected chi connectivity index (χ0v) is 14.6. The molecule has 1 aliphatic heterocycles. The summed E-state index contributed by atoms with van der Waals surface area (Å²) in [4.78, 5) is 26.1. The van der Waals surface area contributed by atoms with E-state index in [1.807, 2.05) is 30.9 Å². The summed E-state index contributed by atoms with van der Waals surface area (Å²) in [6.07, 6.45) is 0.105. The Balaban J connectivity index is 1.94. The van der Waals surface area contributed by atoms with Gasteiger partial charge in [-0.3, -0.25) is 9.59 Å². The highest BCUT2D eigenvalue weighted by molar-refractivity contribution is 5.94. The Morgan fingerprint density at radius 3 is 2.38 bits per heavy atom. The highest BCUT2D eigenvalue weighted by Gasteiger charge is 2.26. The summed E-state index contributed by atoms with van der Waals surface area (Å²) in [7, 11) is 0. The van der Waals surface area contributed by atoms with Crippen molar-refractivity contribution in [2.45, 2.75) is 39.5 Å². The van der Waals surface area contributed by atoms with Crippen molar-refractivity contribution in [2.24, 2.45) is 11.7 Å². The summed E-state index contributed by atoms with van der Waals surface area (Å²) >= 11 is 0. The van der Waals surface area contributed by atoms with Crippen LogP contribution in [0.4, 0.5) is 0 Å². The molecule has 0 bridgehead atoms. The van der Waals surface area contributed by atoms with Crippen LogP contribution in [-0.2, 0) is 16.1 Å². The molecule has 1 aromatic carbocycles. The van der Waals surface area contributed by atoms with Crippen molar-refractivity contribution >= 4 is 11.8 Å². The second-order valence-corrected chi connectivity index (χ2v) is 6.52. The number of rotatable bonds is 5. The average molecular weight is 333 g/mol. The predicted molar refractivity (Wildman–Crippen MR) is 92.4 cm³/mol. The third kappa shape index (κ3) is 4.79. The van der Waals surface area contributed by atoms with Crippen LogP contribution in [0.5, 0.6) is 0 Å². The lowest BCUT2D eigenvalue weighted by Crippen LogP contribution is -2.48. The Morgan fingerprint density at radius 1 is 1.25 bits per heavy atom. The second-order valence-electron chi connectivity index (χ2n) is 6.52. The molecule has 1 heterocycles. The first kappa shape index (κ1) is 18.4. The lowest BCUT2D eigenvalue weighted by molar-refractivity contribution is -0.124. The van der Waals surface area contributed by atoms with Gasteiger partial charge in [-0.05, 0) is 31.5 Å². The van der Waals surface area contributed by atoms with E-state index in [0.29, 0.717) is 31.7 Å². The van der Waals surface area contributed by atoms with Crippen molar-refractivity contribution in [1.29, 1.82) is 0 Å². The van der Waals surface area contributed by atoms with Crippen LogP contribution in [0.2, 0.25) is 0 Å². The van der Waals surface area contributed by atoms with E-state index < -0.39 is 0 Å². The van der Waals surface area contributed by atoms with Crippen molar-refractivity contribution < 1.29 is 14.3 Å². The SMILES string of the molecule is CC1CN(C(=O)c2ccc(CNC(=O)C(C)CN)cc2)CC(C)O1. The van der Waals surface area contributed by atoms with Crippen LogP contribution >= 0.6 is 0 Å². The van der Waals surface area contributed by atoms with E-state index in [-0.39, 0.29) is 29.9 Å². The van der Waals surface area contributed by atoms with Crippen LogP contribution in [-0.4, -0.2) is 48.6 Å². The van der Waals surface area contributed by atoms with Crippen LogP contribution in [0, 0.1) is 5.92 Å². The molecule has 3 N–H and O–H groups in total. The standard InChI is InChI=1S/C18H27N3O3/c1-12(8-19)17(22)20-9-15-4-6-16(7-5-15)18(23)21-10-13(2)24-14(3)11-21/h4-7,12-14H,8-11,19H2,1-3H3,(H,20,22). The van der Waals surface area contributed by atoms with Crippen molar-refractivity contribution in [2.75, 3.05) is 19.6 Å². The maximum atomic E-state index is 12.6. The number of carbonyl (C=O) groups is 2. The Morgan fingerprint density at radius 2 is 1.83 bits per heavy atom. The maximum Gasteiger partial charge on any atom is 0.254 e. The van der Waals surface area contributed by atoms with Gasteiger partial charge in [0.2, 0.25) is 5.91 Å². The lowest BCUT2D eigenvalue weighted by atomic mass is 10.1. The highest BCUT2D eigenvalue weighted by Crippen LogP contribution is 2.15. The van der Waals surface area contributed by atoms with Gasteiger partial charge in [-0.25, -0.2) is 0 Å². The Bertz CT molecular complexity index is 563. The number of hydrogen-bond acceptors (Lipinski definition) is 4. The summed E-state index contributed by atoms with van der Waals surface area (Å²) in [5, 5.41) is 2.84. The van der Waals surface area contributed by atoms with E-state index in [2.05, 4.69) is 5.32 Å². The number of nitrogens with zero attached hydrogens (tertiary/aromatic N) is 1. The van der Waals surface area contributed by atoms with E-state index >= 15 is 0 Å². The Hall–Kier alpha value is -1.92. The van der Waals surface area contributed by atoms with E-state index in [1.165, 1.54) is 0 Å². The first-order valence-corrected chi connectivity index (χ1v) is 8.42. The summed E-state index contributed by atoms with van der Waals surface area (Å²) in [6.45, 7) is 7.73. The molecule has 132 valence electrons. The molecule has 0 spiro atoms. The molecular formula is C18H27N3O3. The molecule has 1 aliphatic rings. The van der Waals surface area contributed by atoms with Gasteiger partial charge in [0, 0.05) is 37.7 Å². The van der Waals surface area contributed by atoms with Crippen molar-refractivity contribution in [3.8, 4) is 0 Å². The van der Waals surface area contributed by atoms with E-state index in [1.54, 1.807) is 19.1 Å². The number of benzene rings is 1. The van der Waals surface area contributed by atoms with Gasteiger partial charge < -0.3 is 20.7 Å². The molecule has 1 fully saturated rings. The topological polar surface area (TPSA) is 84.7 Å². The molecule has 3 unspecified atom stereocenters. The predicted octanol–water partition coefficient (Wildman–Crippen LogP) is 1.15. The monoisotopic (exact) mass is 333 g/mol. The number of carbonyl (C=O) groups excluding carboxylic acids is 2. The molecule has 0 radical (unpaired) electrons. The molecule has 0 aliphatic carbocycles. The Kier molecular flexibility index (Phi) is 6.34. The minimum absolute atomic E-state index is 0.0179. The van der Waals surface area contributed by atoms with Crippen molar-refractivity contribution in [3.63, 3.8) is 0 Å². The largest absolute Gasteiger partial charge is 0.372 e. The highest BCUT2D eigenvalue weighted by atomic mass is 16.5. The summed E-state index contributed by atoms with van der Waals surface area (Å²) < 4.78 is 5.66. The number of ether oxygens (including phenoxy) is 1. The van der Waals surface area contributed by atoms with Gasteiger partial charge in [0.1, 0.15) is 0 Å². The van der Waals surface area contributed by atoms with Crippen LogP contribution in [0.15, 0.2) is 24.3 Å². The number of amides is 2. The second kappa shape index (κ2) is 8.26. The fraction of sp³-hybridized carbons (Fsp3) is 0.556. The van der Waals surface area contributed by atoms with Crippen LogP contribution in [0.1, 0.15) is 36.7 Å². The third-order valence-corrected chi connectivity index (χ3v) is 4.18. The van der Waals surface area contributed by atoms with Crippen molar-refractivity contribution in [1.82, 2.24) is 10.2 Å². The van der Waals surface area contributed by atoms with Crippen LogP contribution < -0.4 is 11.1 Å². The lowest BCUT2D eigenvalue weighted by Gasteiger charge is -2.35. The van der Waals surface area contributed by atoms with Crippen LogP contribution in [0.25, 0.3) is 0 Å². The molecule has 0 aromatic heterocycles. The molecule has 2 rings (SSSR count).